The van der Waals surface area contributed by atoms with Gasteiger partial charge in [-0.05, 0) is 13.3 Å². The zero-order chi connectivity index (χ0) is 7.98. The van der Waals surface area contributed by atoms with Crippen LogP contribution in [0.4, 0.5) is 0 Å². The molecular weight excluding hydrogens is 134 g/mol. The molecule has 0 aliphatic carbocycles. The minimum Gasteiger partial charge on any atom is -0.466 e. The Morgan fingerprint density at radius 2 is 2.40 bits per heavy atom. The summed E-state index contributed by atoms with van der Waals surface area (Å²) in [5.41, 5.74) is 4.98. The lowest BCUT2D eigenvalue weighted by molar-refractivity contribution is -0.143. The second-order valence-corrected chi connectivity index (χ2v) is 1.91. The first-order chi connectivity index (χ1) is 4.66. The van der Waals surface area contributed by atoms with E-state index in [0.717, 1.165) is 0 Å². The van der Waals surface area contributed by atoms with Crippen molar-refractivity contribution >= 4 is 5.97 Å². The normalized spacial score (nSPS) is 12.7. The Hall–Kier alpha value is -0.610. The first-order valence-electron chi connectivity index (χ1n) is 3.26. The van der Waals surface area contributed by atoms with Crippen LogP contribution in [0.5, 0.6) is 0 Å². The third-order valence-electron chi connectivity index (χ3n) is 0.950. The molecule has 0 aromatic heterocycles. The summed E-state index contributed by atoms with van der Waals surface area (Å²) < 4.78 is 4.59. The molecule has 3 N–H and O–H groups in total. The highest BCUT2D eigenvalue weighted by molar-refractivity contribution is 5.69. The molecule has 0 radical (unpaired) electrons. The molecule has 0 saturated heterocycles. The molecular formula is C6H13NO3. The van der Waals surface area contributed by atoms with Gasteiger partial charge in [-0.2, -0.15) is 0 Å². The van der Waals surface area contributed by atoms with Crippen molar-refractivity contribution in [3.8, 4) is 0 Å². The molecule has 0 rings (SSSR count). The van der Waals surface area contributed by atoms with Crippen molar-refractivity contribution in [2.45, 2.75) is 26.0 Å². The predicted octanol–water partition coefficient (Wildman–Crippen LogP) is -0.393. The van der Waals surface area contributed by atoms with Crippen LogP contribution in [-0.2, 0) is 9.53 Å². The minimum absolute atomic E-state index is 0.186. The fraction of sp³-hybridized carbons (Fsp3) is 0.833. The number of aliphatic hydroxyl groups excluding tert-OH is 1. The van der Waals surface area contributed by atoms with E-state index < -0.39 is 6.23 Å². The number of hydrogen-bond acceptors (Lipinski definition) is 4. The van der Waals surface area contributed by atoms with Crippen molar-refractivity contribution in [1.82, 2.24) is 0 Å². The van der Waals surface area contributed by atoms with E-state index in [1.807, 2.05) is 0 Å². The van der Waals surface area contributed by atoms with Crippen LogP contribution in [0.2, 0.25) is 0 Å². The second-order valence-electron chi connectivity index (χ2n) is 1.91. The van der Waals surface area contributed by atoms with Gasteiger partial charge in [0, 0.05) is 6.42 Å². The average molecular weight is 147 g/mol. The molecule has 0 fully saturated rings. The first-order valence-corrected chi connectivity index (χ1v) is 3.26. The molecule has 0 aliphatic heterocycles. The maximum absolute atomic E-state index is 10.6. The zero-order valence-corrected chi connectivity index (χ0v) is 6.04. The summed E-state index contributed by atoms with van der Waals surface area (Å²) in [7, 11) is 0. The molecule has 0 aliphatic rings. The number of hydrogen-bond donors (Lipinski definition) is 2. The third-order valence-corrected chi connectivity index (χ3v) is 0.950. The summed E-state index contributed by atoms with van der Waals surface area (Å²) in [5, 5.41) is 8.54. The van der Waals surface area contributed by atoms with E-state index in [2.05, 4.69) is 4.74 Å². The molecule has 0 spiro atoms. The largest absolute Gasteiger partial charge is 0.466 e. The molecule has 4 heteroatoms. The van der Waals surface area contributed by atoms with Crippen LogP contribution in [0.25, 0.3) is 0 Å². The van der Waals surface area contributed by atoms with Crippen molar-refractivity contribution in [3.05, 3.63) is 0 Å². The van der Waals surface area contributed by atoms with Gasteiger partial charge in [0.2, 0.25) is 0 Å². The van der Waals surface area contributed by atoms with Crippen LogP contribution < -0.4 is 5.73 Å². The van der Waals surface area contributed by atoms with E-state index >= 15 is 0 Å². The Balaban J connectivity index is 3.22. The van der Waals surface area contributed by atoms with E-state index in [1.54, 1.807) is 6.92 Å². The standard InChI is InChI=1S/C6H13NO3/c1-2-10-6(9)4-3-5(7)8/h5,8H,2-4,7H2,1H3/t5-/m1/s1. The fourth-order valence-corrected chi connectivity index (χ4v) is 0.499. The van der Waals surface area contributed by atoms with Gasteiger partial charge in [0.1, 0.15) is 6.23 Å². The van der Waals surface area contributed by atoms with Crippen molar-refractivity contribution in [1.29, 1.82) is 0 Å². The van der Waals surface area contributed by atoms with Crippen molar-refractivity contribution in [3.63, 3.8) is 0 Å². The van der Waals surface area contributed by atoms with Crippen LogP contribution in [0.15, 0.2) is 0 Å². The van der Waals surface area contributed by atoms with Gasteiger partial charge in [-0.3, -0.25) is 4.79 Å². The topological polar surface area (TPSA) is 72.5 Å². The summed E-state index contributed by atoms with van der Waals surface area (Å²) >= 11 is 0. The monoisotopic (exact) mass is 147 g/mol. The fourth-order valence-electron chi connectivity index (χ4n) is 0.499. The maximum atomic E-state index is 10.6. The van der Waals surface area contributed by atoms with Gasteiger partial charge in [0.25, 0.3) is 0 Å². The molecule has 0 aromatic rings. The molecule has 60 valence electrons. The summed E-state index contributed by atoms with van der Waals surface area (Å²) in [4.78, 5) is 10.6. The molecule has 0 bridgehead atoms. The molecule has 0 heterocycles. The Bertz CT molecular complexity index is 103. The van der Waals surface area contributed by atoms with E-state index in [4.69, 9.17) is 10.8 Å². The van der Waals surface area contributed by atoms with E-state index in [9.17, 15) is 4.79 Å². The minimum atomic E-state index is -0.913. The highest BCUT2D eigenvalue weighted by Crippen LogP contribution is 1.93. The molecule has 0 unspecified atom stereocenters. The lowest BCUT2D eigenvalue weighted by Gasteiger charge is -2.02. The number of aliphatic hydroxyl groups is 1. The van der Waals surface area contributed by atoms with Crippen LogP contribution in [-0.4, -0.2) is 23.9 Å². The van der Waals surface area contributed by atoms with Crippen molar-refractivity contribution < 1.29 is 14.6 Å². The van der Waals surface area contributed by atoms with E-state index in [0.29, 0.717) is 6.61 Å². The first kappa shape index (κ1) is 9.39. The van der Waals surface area contributed by atoms with Gasteiger partial charge in [-0.15, -0.1) is 0 Å². The molecule has 0 aromatic carbocycles. The summed E-state index contributed by atoms with van der Waals surface area (Å²) in [5.74, 6) is -0.313. The highest BCUT2D eigenvalue weighted by atomic mass is 16.5. The molecule has 0 saturated carbocycles. The van der Waals surface area contributed by atoms with Crippen LogP contribution in [0, 0.1) is 0 Å². The van der Waals surface area contributed by atoms with Gasteiger partial charge >= 0.3 is 5.97 Å². The van der Waals surface area contributed by atoms with Crippen molar-refractivity contribution in [2.24, 2.45) is 5.73 Å². The molecule has 0 amide bonds. The number of carbonyl (C=O) groups is 1. The Morgan fingerprint density at radius 1 is 1.80 bits per heavy atom. The SMILES string of the molecule is CCOC(=O)CC[C@H](N)O. The van der Waals surface area contributed by atoms with E-state index in [1.165, 1.54) is 0 Å². The van der Waals surface area contributed by atoms with Crippen LogP contribution in [0.3, 0.4) is 0 Å². The Morgan fingerprint density at radius 3 is 2.80 bits per heavy atom. The van der Waals surface area contributed by atoms with Gasteiger partial charge in [-0.25, -0.2) is 0 Å². The lowest BCUT2D eigenvalue weighted by Crippen LogP contribution is -2.20. The van der Waals surface area contributed by atoms with Gasteiger partial charge < -0.3 is 15.6 Å². The van der Waals surface area contributed by atoms with Gasteiger partial charge in [0.05, 0.1) is 6.61 Å². The lowest BCUT2D eigenvalue weighted by atomic mass is 10.3. The van der Waals surface area contributed by atoms with Crippen molar-refractivity contribution in [2.75, 3.05) is 6.61 Å². The smallest absolute Gasteiger partial charge is 0.305 e. The zero-order valence-electron chi connectivity index (χ0n) is 6.04. The maximum Gasteiger partial charge on any atom is 0.305 e. The summed E-state index contributed by atoms with van der Waals surface area (Å²) in [6, 6.07) is 0. The number of ether oxygens (including phenoxy) is 1. The van der Waals surface area contributed by atoms with Crippen LogP contribution >= 0.6 is 0 Å². The molecule has 1 atom stereocenters. The average Bonchev–Trinajstić information content (AvgIpc) is 1.85. The number of rotatable bonds is 4. The second kappa shape index (κ2) is 5.20. The number of nitrogens with two attached hydrogens (primary N) is 1. The molecule has 10 heavy (non-hydrogen) atoms. The summed E-state index contributed by atoms with van der Waals surface area (Å²) in [6.07, 6.45) is -0.464. The van der Waals surface area contributed by atoms with Gasteiger partial charge in [0.15, 0.2) is 0 Å². The number of esters is 1. The third kappa shape index (κ3) is 5.53. The van der Waals surface area contributed by atoms with Gasteiger partial charge in [-0.1, -0.05) is 0 Å². The quantitative estimate of drug-likeness (QED) is 0.419. The molecule has 4 nitrogen and oxygen atoms in total. The summed E-state index contributed by atoms with van der Waals surface area (Å²) in [6.45, 7) is 2.11. The Labute approximate surface area is 60.0 Å². The highest BCUT2D eigenvalue weighted by Gasteiger charge is 2.03. The predicted molar refractivity (Wildman–Crippen MR) is 36.1 cm³/mol. The Kier molecular flexibility index (Phi) is 4.88. The van der Waals surface area contributed by atoms with E-state index in [-0.39, 0.29) is 18.8 Å². The van der Waals surface area contributed by atoms with Crippen LogP contribution in [0.1, 0.15) is 19.8 Å². The number of carbonyl (C=O) groups excluding carboxylic acids is 1.